The maximum atomic E-state index is 13.2. The molecule has 3 aromatic rings. The summed E-state index contributed by atoms with van der Waals surface area (Å²) in [5.41, 5.74) is 1.10. The van der Waals surface area contributed by atoms with Gasteiger partial charge in [0.15, 0.2) is 0 Å². The summed E-state index contributed by atoms with van der Waals surface area (Å²) in [4.78, 5) is 23.8. The molecule has 0 heterocycles. The Balaban J connectivity index is 1.88. The number of rotatable bonds is 10. The van der Waals surface area contributed by atoms with Crippen LogP contribution in [0, 0.1) is 17.0 Å². The van der Waals surface area contributed by atoms with Crippen LogP contribution in [0.5, 0.6) is 5.75 Å². The molecule has 3 rings (SSSR count). The Morgan fingerprint density at radius 2 is 1.71 bits per heavy atom. The van der Waals surface area contributed by atoms with Gasteiger partial charge >= 0.3 is 0 Å². The van der Waals surface area contributed by atoms with Crippen molar-refractivity contribution in [1.82, 2.24) is 4.72 Å². The van der Waals surface area contributed by atoms with Gasteiger partial charge in [-0.3, -0.25) is 14.9 Å². The van der Waals surface area contributed by atoms with E-state index >= 15 is 0 Å². The molecule has 1 amide bonds. The first kappa shape index (κ1) is 24.9. The smallest absolute Gasteiger partial charge is 0.274 e. The summed E-state index contributed by atoms with van der Waals surface area (Å²) in [5, 5.41) is 13.9. The third-order valence-electron chi connectivity index (χ3n) is 5.10. The van der Waals surface area contributed by atoms with Gasteiger partial charge in [-0.25, -0.2) is 8.42 Å². The van der Waals surface area contributed by atoms with Gasteiger partial charge in [0.05, 0.1) is 27.7 Å². The van der Waals surface area contributed by atoms with Gasteiger partial charge in [0.1, 0.15) is 11.8 Å². The molecular formula is C24H25N3O6S. The number of nitrogens with zero attached hydrogens (tertiary/aromatic N) is 1. The fourth-order valence-corrected chi connectivity index (χ4v) is 4.55. The monoisotopic (exact) mass is 483 g/mol. The second-order valence-corrected chi connectivity index (χ2v) is 9.18. The van der Waals surface area contributed by atoms with Crippen LogP contribution in [0.4, 0.5) is 11.4 Å². The average Bonchev–Trinajstić information content (AvgIpc) is 2.81. The molecule has 3 aromatic carbocycles. The van der Waals surface area contributed by atoms with Gasteiger partial charge in [-0.2, -0.15) is 4.72 Å². The van der Waals surface area contributed by atoms with E-state index < -0.39 is 26.9 Å². The predicted octanol–water partition coefficient (Wildman–Crippen LogP) is 3.83. The highest BCUT2D eigenvalue weighted by atomic mass is 32.2. The van der Waals surface area contributed by atoms with E-state index in [0.29, 0.717) is 12.4 Å². The lowest BCUT2D eigenvalue weighted by Crippen LogP contribution is -2.45. The number of amides is 1. The standard InChI is InChI=1S/C24H25N3O6S/c1-3-33-19-12-14-20(15-13-19)34(31,32)26-22(16-18-8-5-4-6-9-18)24(28)25-21-10-7-11-23(17(21)2)27(29)30/h4-15,22,26H,3,16H2,1-2H3,(H,25,28). The van der Waals surface area contributed by atoms with E-state index in [1.165, 1.54) is 49.4 Å². The molecule has 1 atom stereocenters. The lowest BCUT2D eigenvalue weighted by atomic mass is 10.1. The second-order valence-electron chi connectivity index (χ2n) is 7.46. The number of nitrogens with one attached hydrogen (secondary N) is 2. The summed E-state index contributed by atoms with van der Waals surface area (Å²) in [7, 11) is -4.05. The van der Waals surface area contributed by atoms with Crippen LogP contribution in [0.1, 0.15) is 18.1 Å². The number of nitro groups is 1. The quantitative estimate of drug-likeness (QED) is 0.333. The normalized spacial score (nSPS) is 12.1. The van der Waals surface area contributed by atoms with Crippen molar-refractivity contribution in [2.75, 3.05) is 11.9 Å². The number of anilines is 1. The molecule has 0 aliphatic rings. The lowest BCUT2D eigenvalue weighted by Gasteiger charge is -2.19. The first-order chi connectivity index (χ1) is 16.2. The first-order valence-electron chi connectivity index (χ1n) is 10.5. The highest BCUT2D eigenvalue weighted by Crippen LogP contribution is 2.25. The number of carbonyl (C=O) groups excluding carboxylic acids is 1. The molecule has 0 radical (unpaired) electrons. The van der Waals surface area contributed by atoms with Crippen LogP contribution >= 0.6 is 0 Å². The molecule has 9 nitrogen and oxygen atoms in total. The summed E-state index contributed by atoms with van der Waals surface area (Å²) >= 11 is 0. The maximum Gasteiger partial charge on any atom is 0.274 e. The minimum absolute atomic E-state index is 0.0201. The zero-order chi connectivity index (χ0) is 24.7. The Morgan fingerprint density at radius 3 is 2.32 bits per heavy atom. The van der Waals surface area contributed by atoms with Gasteiger partial charge in [0.25, 0.3) is 5.69 Å². The summed E-state index contributed by atoms with van der Waals surface area (Å²) in [5.74, 6) is -0.108. The van der Waals surface area contributed by atoms with Crippen LogP contribution in [0.25, 0.3) is 0 Å². The van der Waals surface area contributed by atoms with E-state index in [9.17, 15) is 23.3 Å². The molecule has 10 heteroatoms. The second kappa shape index (κ2) is 10.9. The molecule has 2 N–H and O–H groups in total. The zero-order valence-corrected chi connectivity index (χ0v) is 19.5. The number of sulfonamides is 1. The molecule has 0 saturated heterocycles. The predicted molar refractivity (Wildman–Crippen MR) is 128 cm³/mol. The van der Waals surface area contributed by atoms with Gasteiger partial charge in [0, 0.05) is 6.07 Å². The van der Waals surface area contributed by atoms with Crippen molar-refractivity contribution in [2.24, 2.45) is 0 Å². The van der Waals surface area contributed by atoms with E-state index in [4.69, 9.17) is 4.74 Å². The third kappa shape index (κ3) is 6.18. The van der Waals surface area contributed by atoms with Gasteiger partial charge < -0.3 is 10.1 Å². The van der Waals surface area contributed by atoms with Gasteiger partial charge in [-0.05, 0) is 56.2 Å². The van der Waals surface area contributed by atoms with Crippen LogP contribution in [-0.4, -0.2) is 31.9 Å². The van der Waals surface area contributed by atoms with E-state index in [2.05, 4.69) is 10.0 Å². The Kier molecular flexibility index (Phi) is 7.98. The molecule has 0 bridgehead atoms. The Morgan fingerprint density at radius 1 is 1.03 bits per heavy atom. The molecule has 0 saturated carbocycles. The van der Waals surface area contributed by atoms with E-state index in [0.717, 1.165) is 5.56 Å². The van der Waals surface area contributed by atoms with Gasteiger partial charge in [-0.1, -0.05) is 36.4 Å². The molecular weight excluding hydrogens is 458 g/mol. The minimum Gasteiger partial charge on any atom is -0.494 e. The van der Waals surface area contributed by atoms with Crippen molar-refractivity contribution in [3.8, 4) is 5.75 Å². The summed E-state index contributed by atoms with van der Waals surface area (Å²) in [6.45, 7) is 3.78. The SMILES string of the molecule is CCOc1ccc(S(=O)(=O)NC(Cc2ccccc2)C(=O)Nc2cccc([N+](=O)[O-])c2C)cc1. The van der Waals surface area contributed by atoms with Gasteiger partial charge in [-0.15, -0.1) is 0 Å². The largest absolute Gasteiger partial charge is 0.494 e. The van der Waals surface area contributed by atoms with E-state index in [1.54, 1.807) is 24.3 Å². The Hall–Kier alpha value is -3.76. The number of nitro benzene ring substituents is 1. The Bertz CT molecular complexity index is 1260. The number of ether oxygens (including phenoxy) is 1. The molecule has 1 unspecified atom stereocenters. The average molecular weight is 484 g/mol. The van der Waals surface area contributed by atoms with Crippen molar-refractivity contribution in [2.45, 2.75) is 31.2 Å². The van der Waals surface area contributed by atoms with Crippen molar-refractivity contribution in [3.63, 3.8) is 0 Å². The fourth-order valence-electron chi connectivity index (χ4n) is 3.35. The molecule has 0 fully saturated rings. The van der Waals surface area contributed by atoms with Crippen molar-refractivity contribution >= 4 is 27.3 Å². The van der Waals surface area contributed by atoms with Crippen molar-refractivity contribution in [3.05, 3.63) is 94.0 Å². The van der Waals surface area contributed by atoms with Gasteiger partial charge in [0.2, 0.25) is 15.9 Å². The van der Waals surface area contributed by atoms with Crippen LogP contribution in [-0.2, 0) is 21.2 Å². The summed E-state index contributed by atoms with van der Waals surface area (Å²) in [6.07, 6.45) is 0.0803. The van der Waals surface area contributed by atoms with Crippen LogP contribution in [0.15, 0.2) is 77.7 Å². The topological polar surface area (TPSA) is 128 Å². The number of benzene rings is 3. The minimum atomic E-state index is -4.05. The molecule has 0 aliphatic heterocycles. The van der Waals surface area contributed by atoms with Crippen molar-refractivity contribution in [1.29, 1.82) is 0 Å². The molecule has 0 spiro atoms. The molecule has 0 aliphatic carbocycles. The van der Waals surface area contributed by atoms with Crippen LogP contribution in [0.2, 0.25) is 0 Å². The van der Waals surface area contributed by atoms with Crippen LogP contribution < -0.4 is 14.8 Å². The van der Waals surface area contributed by atoms with Crippen LogP contribution in [0.3, 0.4) is 0 Å². The Labute approximate surface area is 198 Å². The maximum absolute atomic E-state index is 13.2. The first-order valence-corrected chi connectivity index (χ1v) is 12.0. The van der Waals surface area contributed by atoms with E-state index in [-0.39, 0.29) is 28.3 Å². The summed E-state index contributed by atoms with van der Waals surface area (Å²) in [6, 6.07) is 18.0. The van der Waals surface area contributed by atoms with E-state index in [1.807, 2.05) is 13.0 Å². The fraction of sp³-hybridized carbons (Fsp3) is 0.208. The number of hydrogen-bond donors (Lipinski definition) is 2. The highest BCUT2D eigenvalue weighted by molar-refractivity contribution is 7.89. The third-order valence-corrected chi connectivity index (χ3v) is 6.59. The molecule has 0 aromatic heterocycles. The summed E-state index contributed by atoms with van der Waals surface area (Å²) < 4.78 is 33.9. The zero-order valence-electron chi connectivity index (χ0n) is 18.7. The highest BCUT2D eigenvalue weighted by Gasteiger charge is 2.27. The molecule has 34 heavy (non-hydrogen) atoms. The number of hydrogen-bond acceptors (Lipinski definition) is 6. The molecule has 178 valence electrons. The lowest BCUT2D eigenvalue weighted by molar-refractivity contribution is -0.385. The van der Waals surface area contributed by atoms with Crippen molar-refractivity contribution < 1.29 is 22.9 Å². The number of carbonyl (C=O) groups is 1.